The molecule has 264 valence electrons. The molecule has 2 heterocycles. The highest BCUT2D eigenvalue weighted by molar-refractivity contribution is 5.33. The first-order valence-electron chi connectivity index (χ1n) is 17.9. The number of ether oxygens (including phenoxy) is 3. The van der Waals surface area contributed by atoms with Crippen LogP contribution in [0.2, 0.25) is 0 Å². The summed E-state index contributed by atoms with van der Waals surface area (Å²) in [7, 11) is 0. The Bertz CT molecular complexity index is 1200. The molecule has 0 aromatic heterocycles. The van der Waals surface area contributed by atoms with Gasteiger partial charge in [-0.2, -0.15) is 0 Å². The van der Waals surface area contributed by atoms with Crippen molar-refractivity contribution in [1.29, 1.82) is 0 Å². The molecule has 0 radical (unpaired) electrons. The summed E-state index contributed by atoms with van der Waals surface area (Å²) in [5.41, 5.74) is -2.50. The SMILES string of the molecule is CC(C)(O)[C@@H]1CC[C@](C)([C@H]2[C@@H](O)C[C@@]3(C)C4C[C@H](OC5OC(CO)C(O)C(O)C5O)C5C(C)(C)[C@@H](O)CC[C@@]56C[C@@]46CC[C@]23C)O1. The molecule has 0 aromatic carbocycles. The predicted molar refractivity (Wildman–Crippen MR) is 167 cm³/mol. The van der Waals surface area contributed by atoms with Crippen molar-refractivity contribution < 1.29 is 50.0 Å². The van der Waals surface area contributed by atoms with Crippen molar-refractivity contribution in [3.05, 3.63) is 0 Å². The van der Waals surface area contributed by atoms with E-state index in [4.69, 9.17) is 14.2 Å². The van der Waals surface area contributed by atoms with Gasteiger partial charge in [0.25, 0.3) is 0 Å². The molecule has 7 rings (SSSR count). The summed E-state index contributed by atoms with van der Waals surface area (Å²) in [6.45, 7) is 14.2. The van der Waals surface area contributed by atoms with Gasteiger partial charge in [0.1, 0.15) is 24.4 Å². The Morgan fingerprint density at radius 3 is 2.13 bits per heavy atom. The Morgan fingerprint density at radius 2 is 1.50 bits per heavy atom. The molecule has 10 nitrogen and oxygen atoms in total. The number of aliphatic hydroxyl groups is 7. The summed E-state index contributed by atoms with van der Waals surface area (Å²) in [6.07, 6.45) is -1.07. The second-order valence-electron chi connectivity index (χ2n) is 18.7. The van der Waals surface area contributed by atoms with Gasteiger partial charge in [0.15, 0.2) is 6.29 Å². The number of rotatable bonds is 5. The molecule has 0 amide bonds. The van der Waals surface area contributed by atoms with E-state index in [1.165, 1.54) is 0 Å². The van der Waals surface area contributed by atoms with Crippen LogP contribution in [0.25, 0.3) is 0 Å². The molecular formula is C36H60O10. The van der Waals surface area contributed by atoms with Crippen molar-refractivity contribution in [3.8, 4) is 0 Å². The van der Waals surface area contributed by atoms with Gasteiger partial charge in [-0.3, -0.25) is 0 Å². The van der Waals surface area contributed by atoms with Gasteiger partial charge in [-0.25, -0.2) is 0 Å². The number of hydrogen-bond acceptors (Lipinski definition) is 10. The van der Waals surface area contributed by atoms with E-state index in [9.17, 15) is 35.7 Å². The predicted octanol–water partition coefficient (Wildman–Crippen LogP) is 2.26. The third-order valence-corrected chi connectivity index (χ3v) is 15.9. The molecular weight excluding hydrogens is 592 g/mol. The monoisotopic (exact) mass is 652 g/mol. The van der Waals surface area contributed by atoms with Gasteiger partial charge in [-0.1, -0.05) is 27.7 Å². The standard InChI is InChI=1S/C36H60O10/c1-30(2)22(39)8-11-36-17-35(36)13-12-32(5)27(34(7)10-9-23(46-34)31(3,4)43)18(38)15-33(32,6)21(35)14-19(28(30)36)44-29-26(42)25(41)24(40)20(16-37)45-29/h18-29,37-43H,8-17H2,1-7H3/t18-,19-,20?,21?,22-,23-,24?,25?,26?,27-,28?,29?,32+,33-,34+,35-,36+/m0/s1. The Hall–Kier alpha value is -0.400. The van der Waals surface area contributed by atoms with Gasteiger partial charge < -0.3 is 50.0 Å². The fraction of sp³-hybridized carbons (Fsp3) is 1.00. The summed E-state index contributed by atoms with van der Waals surface area (Å²) in [4.78, 5) is 0. The quantitative estimate of drug-likeness (QED) is 0.219. The zero-order valence-corrected chi connectivity index (χ0v) is 28.9. The second-order valence-corrected chi connectivity index (χ2v) is 18.7. The molecule has 7 fully saturated rings. The van der Waals surface area contributed by atoms with Gasteiger partial charge in [0, 0.05) is 5.92 Å². The molecule has 2 spiro atoms. The van der Waals surface area contributed by atoms with E-state index in [2.05, 4.69) is 34.6 Å². The lowest BCUT2D eigenvalue weighted by atomic mass is 9.41. The summed E-state index contributed by atoms with van der Waals surface area (Å²) in [5, 5.41) is 76.2. The van der Waals surface area contributed by atoms with Crippen molar-refractivity contribution in [2.45, 2.75) is 173 Å². The molecule has 2 aliphatic heterocycles. The fourth-order valence-electron chi connectivity index (χ4n) is 13.6. The van der Waals surface area contributed by atoms with E-state index >= 15 is 0 Å². The van der Waals surface area contributed by atoms with Crippen LogP contribution < -0.4 is 0 Å². The maximum Gasteiger partial charge on any atom is 0.186 e. The Kier molecular flexibility index (Phi) is 7.65. The van der Waals surface area contributed by atoms with Crippen LogP contribution in [0.3, 0.4) is 0 Å². The van der Waals surface area contributed by atoms with E-state index in [0.29, 0.717) is 19.3 Å². The first-order chi connectivity index (χ1) is 21.2. The molecule has 7 N–H and O–H groups in total. The molecule has 0 bridgehead atoms. The van der Waals surface area contributed by atoms with E-state index < -0.39 is 72.2 Å². The number of fused-ring (bicyclic) bond motifs is 2. The molecule has 5 aliphatic carbocycles. The van der Waals surface area contributed by atoms with Crippen molar-refractivity contribution in [3.63, 3.8) is 0 Å². The first kappa shape index (κ1) is 34.1. The summed E-state index contributed by atoms with van der Waals surface area (Å²) < 4.78 is 19.4. The Balaban J connectivity index is 1.26. The Morgan fingerprint density at radius 1 is 0.804 bits per heavy atom. The molecule has 5 saturated carbocycles. The highest BCUT2D eigenvalue weighted by Gasteiger charge is 2.85. The van der Waals surface area contributed by atoms with Crippen LogP contribution in [0.1, 0.15) is 106 Å². The average molecular weight is 653 g/mol. The lowest BCUT2D eigenvalue weighted by Crippen LogP contribution is -2.64. The van der Waals surface area contributed by atoms with Crippen LogP contribution >= 0.6 is 0 Å². The van der Waals surface area contributed by atoms with Gasteiger partial charge >= 0.3 is 0 Å². The van der Waals surface area contributed by atoms with Crippen LogP contribution in [0.5, 0.6) is 0 Å². The zero-order valence-electron chi connectivity index (χ0n) is 28.9. The molecule has 17 atom stereocenters. The highest BCUT2D eigenvalue weighted by Crippen LogP contribution is 2.89. The van der Waals surface area contributed by atoms with Crippen molar-refractivity contribution in [2.24, 2.45) is 44.8 Å². The number of aliphatic hydroxyl groups excluding tert-OH is 6. The van der Waals surface area contributed by atoms with Crippen LogP contribution in [0.15, 0.2) is 0 Å². The van der Waals surface area contributed by atoms with Crippen LogP contribution in [-0.2, 0) is 14.2 Å². The topological polar surface area (TPSA) is 169 Å². The highest BCUT2D eigenvalue weighted by atomic mass is 16.7. The molecule has 10 heteroatoms. The van der Waals surface area contributed by atoms with E-state index in [1.54, 1.807) is 13.8 Å². The molecule has 46 heavy (non-hydrogen) atoms. The normalized spacial score (nSPS) is 59.3. The van der Waals surface area contributed by atoms with Gasteiger partial charge in [-0.15, -0.1) is 0 Å². The minimum Gasteiger partial charge on any atom is -0.394 e. The minimum atomic E-state index is -1.53. The molecule has 0 aromatic rings. The van der Waals surface area contributed by atoms with Crippen molar-refractivity contribution in [1.82, 2.24) is 0 Å². The summed E-state index contributed by atoms with van der Waals surface area (Å²) >= 11 is 0. The molecule has 7 unspecified atom stereocenters. The van der Waals surface area contributed by atoms with E-state index in [1.807, 2.05) is 0 Å². The minimum absolute atomic E-state index is 0.0225. The van der Waals surface area contributed by atoms with Gasteiger partial charge in [0.05, 0.1) is 42.2 Å². The lowest BCUT2D eigenvalue weighted by molar-refractivity contribution is -0.331. The van der Waals surface area contributed by atoms with E-state index in [0.717, 1.165) is 38.5 Å². The van der Waals surface area contributed by atoms with Crippen molar-refractivity contribution in [2.75, 3.05) is 6.61 Å². The van der Waals surface area contributed by atoms with Crippen molar-refractivity contribution >= 4 is 0 Å². The number of hydrogen-bond donors (Lipinski definition) is 7. The zero-order chi connectivity index (χ0) is 33.6. The third kappa shape index (κ3) is 4.24. The third-order valence-electron chi connectivity index (χ3n) is 15.9. The van der Waals surface area contributed by atoms with Crippen LogP contribution in [0.4, 0.5) is 0 Å². The van der Waals surface area contributed by atoms with E-state index in [-0.39, 0.29) is 45.5 Å². The van der Waals surface area contributed by atoms with Crippen LogP contribution in [-0.4, -0.2) is 109 Å². The second kappa shape index (κ2) is 10.3. The largest absolute Gasteiger partial charge is 0.394 e. The Labute approximate surface area is 273 Å². The maximum absolute atomic E-state index is 12.0. The molecule has 2 saturated heterocycles. The smallest absolute Gasteiger partial charge is 0.186 e. The molecule has 7 aliphatic rings. The van der Waals surface area contributed by atoms with Crippen LogP contribution in [0, 0.1) is 44.8 Å². The maximum atomic E-state index is 12.0. The summed E-state index contributed by atoms with van der Waals surface area (Å²) in [5.74, 6) is 0.0768. The summed E-state index contributed by atoms with van der Waals surface area (Å²) in [6, 6.07) is 0. The fourth-order valence-corrected chi connectivity index (χ4v) is 13.6. The average Bonchev–Trinajstić information content (AvgIpc) is 3.33. The first-order valence-corrected chi connectivity index (χ1v) is 17.9. The van der Waals surface area contributed by atoms with Gasteiger partial charge in [0.2, 0.25) is 0 Å². The lowest BCUT2D eigenvalue weighted by Gasteiger charge is -2.65. The van der Waals surface area contributed by atoms with Gasteiger partial charge in [-0.05, 0) is 117 Å².